The molecule has 35 heavy (non-hydrogen) atoms. The van der Waals surface area contributed by atoms with Gasteiger partial charge in [-0.3, -0.25) is 14.9 Å². The van der Waals surface area contributed by atoms with Gasteiger partial charge in [-0.25, -0.2) is 14.5 Å². The first-order chi connectivity index (χ1) is 16.9. The van der Waals surface area contributed by atoms with E-state index >= 15 is 0 Å². The molecule has 0 radical (unpaired) electrons. The van der Waals surface area contributed by atoms with Crippen LogP contribution in [0.25, 0.3) is 6.08 Å². The van der Waals surface area contributed by atoms with Crippen molar-refractivity contribution in [3.63, 3.8) is 0 Å². The summed E-state index contributed by atoms with van der Waals surface area (Å²) >= 11 is 5.92. The molecule has 0 spiro atoms. The SMILES string of the molecule is COC(=O)c1ccc(N2C(=O)NC(=O)/C(=C\c3ccccc3OCc3ccc(Cl)cc3)C2=O)cc1. The number of carbonyl (C=O) groups excluding carboxylic acids is 4. The molecule has 176 valence electrons. The first kappa shape index (κ1) is 23.7. The number of methoxy groups -OCH3 is 1. The maximum atomic E-state index is 13.2. The van der Waals surface area contributed by atoms with Crippen molar-refractivity contribution in [2.75, 3.05) is 12.0 Å². The van der Waals surface area contributed by atoms with Crippen molar-refractivity contribution in [3.05, 3.63) is 100 Å². The van der Waals surface area contributed by atoms with Gasteiger partial charge in [-0.15, -0.1) is 0 Å². The molecule has 0 bridgehead atoms. The third-order valence-electron chi connectivity index (χ3n) is 5.17. The fourth-order valence-corrected chi connectivity index (χ4v) is 3.51. The molecule has 1 N–H and O–H groups in total. The molecule has 0 atom stereocenters. The van der Waals surface area contributed by atoms with E-state index in [-0.39, 0.29) is 23.4 Å². The molecule has 1 aliphatic rings. The number of rotatable bonds is 6. The van der Waals surface area contributed by atoms with Crippen molar-refractivity contribution in [2.45, 2.75) is 6.61 Å². The number of urea groups is 1. The number of nitrogens with one attached hydrogen (secondary N) is 1. The molecular weight excluding hydrogens is 472 g/mol. The Balaban J connectivity index is 1.61. The Morgan fingerprint density at radius 3 is 2.34 bits per heavy atom. The van der Waals surface area contributed by atoms with Gasteiger partial charge in [0.15, 0.2) is 0 Å². The Hall–Kier alpha value is -4.43. The van der Waals surface area contributed by atoms with Crippen molar-refractivity contribution in [1.82, 2.24) is 5.32 Å². The molecule has 1 fully saturated rings. The number of nitrogens with zero attached hydrogens (tertiary/aromatic N) is 1. The van der Waals surface area contributed by atoms with Crippen molar-refractivity contribution in [3.8, 4) is 5.75 Å². The smallest absolute Gasteiger partial charge is 0.337 e. The topological polar surface area (TPSA) is 102 Å². The van der Waals surface area contributed by atoms with Crippen LogP contribution in [0.5, 0.6) is 5.75 Å². The van der Waals surface area contributed by atoms with Crippen LogP contribution in [0.3, 0.4) is 0 Å². The van der Waals surface area contributed by atoms with Gasteiger partial charge < -0.3 is 9.47 Å². The molecule has 3 aromatic carbocycles. The van der Waals surface area contributed by atoms with Gasteiger partial charge in [-0.05, 0) is 54.1 Å². The number of esters is 1. The van der Waals surface area contributed by atoms with Crippen molar-refractivity contribution >= 4 is 47.2 Å². The highest BCUT2D eigenvalue weighted by Crippen LogP contribution is 2.26. The Morgan fingerprint density at radius 2 is 1.66 bits per heavy atom. The van der Waals surface area contributed by atoms with Gasteiger partial charge in [-0.2, -0.15) is 0 Å². The van der Waals surface area contributed by atoms with E-state index < -0.39 is 23.8 Å². The maximum absolute atomic E-state index is 13.2. The quantitative estimate of drug-likeness (QED) is 0.313. The third kappa shape index (κ3) is 5.23. The van der Waals surface area contributed by atoms with Crippen LogP contribution in [-0.2, 0) is 20.9 Å². The second-order valence-corrected chi connectivity index (χ2v) is 7.89. The van der Waals surface area contributed by atoms with E-state index in [0.29, 0.717) is 16.3 Å². The summed E-state index contributed by atoms with van der Waals surface area (Å²) in [6.07, 6.45) is 1.37. The second-order valence-electron chi connectivity index (χ2n) is 7.45. The lowest BCUT2D eigenvalue weighted by atomic mass is 10.1. The Morgan fingerprint density at radius 1 is 0.971 bits per heavy atom. The van der Waals surface area contributed by atoms with E-state index in [1.165, 1.54) is 37.5 Å². The van der Waals surface area contributed by atoms with Crippen LogP contribution >= 0.6 is 11.6 Å². The molecule has 1 saturated heterocycles. The van der Waals surface area contributed by atoms with Crippen LogP contribution in [0, 0.1) is 0 Å². The summed E-state index contributed by atoms with van der Waals surface area (Å²) in [6.45, 7) is 0.245. The van der Waals surface area contributed by atoms with Crippen molar-refractivity contribution in [2.24, 2.45) is 0 Å². The van der Waals surface area contributed by atoms with Gasteiger partial charge in [-0.1, -0.05) is 41.9 Å². The molecule has 4 amide bonds. The van der Waals surface area contributed by atoms with E-state index in [4.69, 9.17) is 16.3 Å². The number of barbiturate groups is 1. The van der Waals surface area contributed by atoms with Gasteiger partial charge in [0.25, 0.3) is 11.8 Å². The minimum absolute atomic E-state index is 0.186. The molecule has 0 aromatic heterocycles. The third-order valence-corrected chi connectivity index (χ3v) is 5.43. The number of para-hydroxylation sites is 1. The molecule has 3 aromatic rings. The summed E-state index contributed by atoms with van der Waals surface area (Å²) in [7, 11) is 1.25. The van der Waals surface area contributed by atoms with Crippen molar-refractivity contribution in [1.29, 1.82) is 0 Å². The normalized spacial score (nSPS) is 14.6. The molecular formula is C26H19ClN2O6. The summed E-state index contributed by atoms with van der Waals surface area (Å²) in [6, 6.07) is 18.8. The average molecular weight is 491 g/mol. The van der Waals surface area contributed by atoms with Crippen LogP contribution in [-0.4, -0.2) is 30.9 Å². The Kier molecular flexibility index (Phi) is 6.93. The van der Waals surface area contributed by atoms with E-state index in [1.54, 1.807) is 36.4 Å². The zero-order valence-electron chi connectivity index (χ0n) is 18.5. The van der Waals surface area contributed by atoms with Gasteiger partial charge in [0, 0.05) is 10.6 Å². The van der Waals surface area contributed by atoms with Crippen LogP contribution in [0.15, 0.2) is 78.4 Å². The monoisotopic (exact) mass is 490 g/mol. The second kappa shape index (κ2) is 10.2. The summed E-state index contributed by atoms with van der Waals surface area (Å²) < 4.78 is 10.6. The number of imide groups is 2. The van der Waals surface area contributed by atoms with Crippen LogP contribution in [0.1, 0.15) is 21.5 Å². The average Bonchev–Trinajstić information content (AvgIpc) is 2.86. The van der Waals surface area contributed by atoms with E-state index in [9.17, 15) is 19.2 Å². The lowest BCUT2D eigenvalue weighted by molar-refractivity contribution is -0.122. The summed E-state index contributed by atoms with van der Waals surface area (Å²) in [5.74, 6) is -1.75. The molecule has 0 aliphatic carbocycles. The number of halogens is 1. The maximum Gasteiger partial charge on any atom is 0.337 e. The van der Waals surface area contributed by atoms with Crippen LogP contribution in [0.4, 0.5) is 10.5 Å². The highest BCUT2D eigenvalue weighted by atomic mass is 35.5. The lowest BCUT2D eigenvalue weighted by Crippen LogP contribution is -2.54. The number of carbonyl (C=O) groups is 4. The highest BCUT2D eigenvalue weighted by Gasteiger charge is 2.37. The van der Waals surface area contributed by atoms with Crippen molar-refractivity contribution < 1.29 is 28.7 Å². The number of hydrogen-bond acceptors (Lipinski definition) is 6. The fourth-order valence-electron chi connectivity index (χ4n) is 3.38. The number of amides is 4. The molecule has 0 saturated carbocycles. The predicted octanol–water partition coefficient (Wildman–Crippen LogP) is 4.37. The summed E-state index contributed by atoms with van der Waals surface area (Å²) in [5, 5.41) is 2.78. The van der Waals surface area contributed by atoms with E-state index in [0.717, 1.165) is 10.5 Å². The van der Waals surface area contributed by atoms with E-state index in [2.05, 4.69) is 10.1 Å². The number of benzene rings is 3. The Bertz CT molecular complexity index is 1330. The van der Waals surface area contributed by atoms with Crippen LogP contribution < -0.4 is 15.0 Å². The summed E-state index contributed by atoms with van der Waals surface area (Å²) in [4.78, 5) is 50.7. The number of hydrogen-bond donors (Lipinski definition) is 1. The van der Waals surface area contributed by atoms with E-state index in [1.807, 2.05) is 12.1 Å². The molecule has 1 heterocycles. The molecule has 4 rings (SSSR count). The fraction of sp³-hybridized carbons (Fsp3) is 0.0769. The predicted molar refractivity (Wildman–Crippen MR) is 129 cm³/mol. The molecule has 8 nitrogen and oxygen atoms in total. The highest BCUT2D eigenvalue weighted by molar-refractivity contribution is 6.39. The number of ether oxygens (including phenoxy) is 2. The zero-order valence-corrected chi connectivity index (χ0v) is 19.2. The Labute approximate surface area is 205 Å². The van der Waals surface area contributed by atoms with Crippen LogP contribution in [0.2, 0.25) is 5.02 Å². The lowest BCUT2D eigenvalue weighted by Gasteiger charge is -2.26. The zero-order chi connectivity index (χ0) is 24.9. The number of anilines is 1. The minimum atomic E-state index is -0.893. The minimum Gasteiger partial charge on any atom is -0.488 e. The standard InChI is InChI=1S/C26H19ClN2O6/c1-34-25(32)17-8-12-20(13-9-17)29-24(31)21(23(30)28-26(29)33)14-18-4-2-3-5-22(18)35-15-16-6-10-19(27)11-7-16/h2-14H,15H2,1H3,(H,28,30,33)/b21-14+. The molecule has 9 heteroatoms. The first-order valence-electron chi connectivity index (χ1n) is 10.4. The van der Waals surface area contributed by atoms with Gasteiger partial charge in [0.05, 0.1) is 18.4 Å². The van der Waals surface area contributed by atoms with Gasteiger partial charge >= 0.3 is 12.0 Å². The largest absolute Gasteiger partial charge is 0.488 e. The first-order valence-corrected chi connectivity index (χ1v) is 10.8. The van der Waals surface area contributed by atoms with Gasteiger partial charge in [0.1, 0.15) is 17.9 Å². The molecule has 1 aliphatic heterocycles. The summed E-state index contributed by atoms with van der Waals surface area (Å²) in [5.41, 5.74) is 1.56. The molecule has 0 unspecified atom stereocenters. The van der Waals surface area contributed by atoms with Gasteiger partial charge in [0.2, 0.25) is 0 Å².